The first-order valence-corrected chi connectivity index (χ1v) is 3.66. The second kappa shape index (κ2) is 3.18. The molecule has 1 fully saturated rings. The summed E-state index contributed by atoms with van der Waals surface area (Å²) in [6.07, 6.45) is 3.71. The first-order chi connectivity index (χ1) is 4.38. The summed E-state index contributed by atoms with van der Waals surface area (Å²) in [6.45, 7) is 0.353. The van der Waals surface area contributed by atoms with Gasteiger partial charge in [-0.25, -0.2) is 0 Å². The molecule has 2 atom stereocenters. The van der Waals surface area contributed by atoms with Crippen LogP contribution in [0.2, 0.25) is 0 Å². The van der Waals surface area contributed by atoms with Crippen molar-refractivity contribution < 1.29 is 5.11 Å². The second-order valence-corrected chi connectivity index (χ2v) is 2.77. The number of nitrogens with one attached hydrogen (secondary N) is 1. The van der Waals surface area contributed by atoms with E-state index >= 15 is 0 Å². The van der Waals surface area contributed by atoms with Gasteiger partial charge in [-0.1, -0.05) is 6.42 Å². The van der Waals surface area contributed by atoms with Crippen LogP contribution < -0.4 is 5.32 Å². The molecule has 1 rings (SSSR count). The van der Waals surface area contributed by atoms with Gasteiger partial charge in [-0.2, -0.15) is 0 Å². The van der Waals surface area contributed by atoms with Crippen molar-refractivity contribution in [2.24, 2.45) is 5.92 Å². The minimum Gasteiger partial charge on any atom is -0.396 e. The summed E-state index contributed by atoms with van der Waals surface area (Å²) in [7, 11) is 1.97. The Labute approximate surface area is 56.3 Å². The third kappa shape index (κ3) is 1.43. The van der Waals surface area contributed by atoms with Gasteiger partial charge in [-0.15, -0.1) is 0 Å². The molecule has 0 aliphatic heterocycles. The highest BCUT2D eigenvalue weighted by Gasteiger charge is 2.24. The molecule has 2 nitrogen and oxygen atoms in total. The fourth-order valence-electron chi connectivity index (χ4n) is 1.64. The lowest BCUT2D eigenvalue weighted by molar-refractivity contribution is 0.209. The predicted molar refractivity (Wildman–Crippen MR) is 37.3 cm³/mol. The number of hydrogen-bond donors (Lipinski definition) is 2. The Balaban J connectivity index is 2.32. The molecule has 0 bridgehead atoms. The van der Waals surface area contributed by atoms with E-state index in [4.69, 9.17) is 5.11 Å². The monoisotopic (exact) mass is 129 g/mol. The van der Waals surface area contributed by atoms with E-state index < -0.39 is 0 Å². The molecule has 0 amide bonds. The van der Waals surface area contributed by atoms with Crippen LogP contribution in [0.25, 0.3) is 0 Å². The lowest BCUT2D eigenvalue weighted by Crippen LogP contribution is -2.30. The number of aliphatic hydroxyl groups excluding tert-OH is 1. The topological polar surface area (TPSA) is 32.3 Å². The molecule has 2 heteroatoms. The molecule has 1 aliphatic carbocycles. The summed E-state index contributed by atoms with van der Waals surface area (Å²) >= 11 is 0. The van der Waals surface area contributed by atoms with E-state index in [0.717, 1.165) is 0 Å². The molecule has 54 valence electrons. The standard InChI is InChI=1S/C7H15NO/c1-8-7-4-2-3-6(7)5-9/h6-9H,2-5H2,1H3/t6-,7+/m1/s1. The summed E-state index contributed by atoms with van der Waals surface area (Å²) in [5, 5.41) is 12.0. The smallest absolute Gasteiger partial charge is 0.0474 e. The van der Waals surface area contributed by atoms with Crippen LogP contribution in [-0.2, 0) is 0 Å². The van der Waals surface area contributed by atoms with E-state index in [-0.39, 0.29) is 0 Å². The molecule has 0 radical (unpaired) electrons. The zero-order chi connectivity index (χ0) is 6.69. The van der Waals surface area contributed by atoms with Gasteiger partial charge in [0.05, 0.1) is 0 Å². The van der Waals surface area contributed by atoms with Crippen LogP contribution in [0, 0.1) is 5.92 Å². The summed E-state index contributed by atoms with van der Waals surface area (Å²) < 4.78 is 0. The van der Waals surface area contributed by atoms with Gasteiger partial charge in [-0.3, -0.25) is 0 Å². The van der Waals surface area contributed by atoms with Crippen LogP contribution in [0.1, 0.15) is 19.3 Å². The fraction of sp³-hybridized carbons (Fsp3) is 1.00. The quantitative estimate of drug-likeness (QED) is 0.564. The average Bonchev–Trinajstić information content (AvgIpc) is 2.33. The minimum absolute atomic E-state index is 0.353. The summed E-state index contributed by atoms with van der Waals surface area (Å²) in [6, 6.07) is 0.579. The molecular formula is C7H15NO. The van der Waals surface area contributed by atoms with E-state index in [1.165, 1.54) is 19.3 Å². The van der Waals surface area contributed by atoms with E-state index in [9.17, 15) is 0 Å². The van der Waals surface area contributed by atoms with Gasteiger partial charge in [0, 0.05) is 12.6 Å². The van der Waals surface area contributed by atoms with Gasteiger partial charge in [0.2, 0.25) is 0 Å². The van der Waals surface area contributed by atoms with Crippen LogP contribution in [0.4, 0.5) is 0 Å². The van der Waals surface area contributed by atoms with Crippen LogP contribution in [0.3, 0.4) is 0 Å². The molecule has 0 aromatic heterocycles. The summed E-state index contributed by atoms with van der Waals surface area (Å²) in [5.74, 6) is 0.523. The van der Waals surface area contributed by atoms with E-state index in [1.807, 2.05) is 7.05 Å². The maximum absolute atomic E-state index is 8.83. The lowest BCUT2D eigenvalue weighted by Gasteiger charge is -2.15. The molecule has 0 spiro atoms. The van der Waals surface area contributed by atoms with Gasteiger partial charge in [0.1, 0.15) is 0 Å². The molecule has 0 heterocycles. The van der Waals surface area contributed by atoms with Crippen molar-refractivity contribution in [3.05, 3.63) is 0 Å². The van der Waals surface area contributed by atoms with Crippen LogP contribution in [-0.4, -0.2) is 24.8 Å². The molecule has 0 aromatic rings. The van der Waals surface area contributed by atoms with E-state index in [0.29, 0.717) is 18.6 Å². The maximum atomic E-state index is 8.83. The zero-order valence-electron chi connectivity index (χ0n) is 5.93. The Hall–Kier alpha value is -0.0800. The number of rotatable bonds is 2. The average molecular weight is 129 g/mol. The van der Waals surface area contributed by atoms with E-state index in [1.54, 1.807) is 0 Å². The van der Waals surface area contributed by atoms with Crippen molar-refractivity contribution in [3.63, 3.8) is 0 Å². The Morgan fingerprint density at radius 3 is 2.78 bits per heavy atom. The first kappa shape index (κ1) is 7.03. The minimum atomic E-state index is 0.353. The Bertz CT molecular complexity index is 75.0. The molecular weight excluding hydrogens is 114 g/mol. The summed E-state index contributed by atoms with van der Waals surface area (Å²) in [5.41, 5.74) is 0. The van der Waals surface area contributed by atoms with Gasteiger partial charge in [0.15, 0.2) is 0 Å². The third-order valence-electron chi connectivity index (χ3n) is 2.26. The summed E-state index contributed by atoms with van der Waals surface area (Å²) in [4.78, 5) is 0. The van der Waals surface area contributed by atoms with Gasteiger partial charge in [-0.05, 0) is 25.8 Å². The molecule has 0 unspecified atom stereocenters. The van der Waals surface area contributed by atoms with Gasteiger partial charge in [0.25, 0.3) is 0 Å². The van der Waals surface area contributed by atoms with Crippen molar-refractivity contribution >= 4 is 0 Å². The van der Waals surface area contributed by atoms with Crippen molar-refractivity contribution in [1.29, 1.82) is 0 Å². The maximum Gasteiger partial charge on any atom is 0.0474 e. The fourth-order valence-corrected chi connectivity index (χ4v) is 1.64. The largest absolute Gasteiger partial charge is 0.396 e. The van der Waals surface area contributed by atoms with Crippen molar-refractivity contribution in [2.75, 3.05) is 13.7 Å². The van der Waals surface area contributed by atoms with E-state index in [2.05, 4.69) is 5.32 Å². The van der Waals surface area contributed by atoms with Crippen LogP contribution >= 0.6 is 0 Å². The third-order valence-corrected chi connectivity index (χ3v) is 2.26. The molecule has 1 aliphatic rings. The zero-order valence-corrected chi connectivity index (χ0v) is 5.93. The Kier molecular flexibility index (Phi) is 2.49. The molecule has 2 N–H and O–H groups in total. The number of hydrogen-bond acceptors (Lipinski definition) is 2. The van der Waals surface area contributed by atoms with Crippen LogP contribution in [0.15, 0.2) is 0 Å². The first-order valence-electron chi connectivity index (χ1n) is 3.66. The highest BCUT2D eigenvalue weighted by molar-refractivity contribution is 4.80. The normalized spacial score (nSPS) is 35.3. The molecule has 0 saturated heterocycles. The number of aliphatic hydroxyl groups is 1. The van der Waals surface area contributed by atoms with Crippen molar-refractivity contribution in [2.45, 2.75) is 25.3 Å². The lowest BCUT2D eigenvalue weighted by atomic mass is 10.1. The molecule has 9 heavy (non-hydrogen) atoms. The molecule has 0 aromatic carbocycles. The Morgan fingerprint density at radius 1 is 1.56 bits per heavy atom. The highest BCUT2D eigenvalue weighted by Crippen LogP contribution is 2.24. The second-order valence-electron chi connectivity index (χ2n) is 2.77. The van der Waals surface area contributed by atoms with Crippen LogP contribution in [0.5, 0.6) is 0 Å². The van der Waals surface area contributed by atoms with Gasteiger partial charge < -0.3 is 10.4 Å². The SMILES string of the molecule is CN[C@H]1CCC[C@@H]1CO. The molecule has 1 saturated carbocycles. The predicted octanol–water partition coefficient (Wildman–Crippen LogP) is 0.367. The van der Waals surface area contributed by atoms with Crippen molar-refractivity contribution in [1.82, 2.24) is 5.32 Å². The van der Waals surface area contributed by atoms with Crippen molar-refractivity contribution in [3.8, 4) is 0 Å². The van der Waals surface area contributed by atoms with Gasteiger partial charge >= 0.3 is 0 Å². The highest BCUT2D eigenvalue weighted by atomic mass is 16.3. The Morgan fingerprint density at radius 2 is 2.33 bits per heavy atom.